The van der Waals surface area contributed by atoms with Gasteiger partial charge in [-0.25, -0.2) is 4.39 Å². The number of carbonyl (C=O) groups excluding carboxylic acids is 1. The minimum atomic E-state index is -0.255. The smallest absolute Gasteiger partial charge is 0.142 e. The van der Waals surface area contributed by atoms with Gasteiger partial charge in [0.25, 0.3) is 0 Å². The number of halogens is 1. The zero-order valence-electron chi connectivity index (χ0n) is 18.2. The van der Waals surface area contributed by atoms with Crippen molar-refractivity contribution in [3.63, 3.8) is 0 Å². The summed E-state index contributed by atoms with van der Waals surface area (Å²) >= 11 is 0. The van der Waals surface area contributed by atoms with Gasteiger partial charge in [-0.1, -0.05) is 56.3 Å². The van der Waals surface area contributed by atoms with Crippen LogP contribution >= 0.6 is 0 Å². The highest BCUT2D eigenvalue weighted by Gasteiger charge is 2.28. The van der Waals surface area contributed by atoms with E-state index in [1.807, 2.05) is 36.4 Å². The summed E-state index contributed by atoms with van der Waals surface area (Å²) in [5.74, 6) is -0.0144. The molecule has 1 saturated heterocycles. The molecule has 0 aliphatic carbocycles. The molecule has 4 heteroatoms. The first-order valence-corrected chi connectivity index (χ1v) is 11.1. The van der Waals surface area contributed by atoms with E-state index in [1.54, 1.807) is 6.08 Å². The average Bonchev–Trinajstić information content (AvgIpc) is 3.14. The summed E-state index contributed by atoms with van der Waals surface area (Å²) in [7, 11) is 0. The van der Waals surface area contributed by atoms with Crippen molar-refractivity contribution in [2.24, 2.45) is 0 Å². The maximum atomic E-state index is 13.8. The monoisotopic (exact) mass is 416 g/mol. The standard InChI is InChI=1S/C27H29FN2O/c1-20(2)26-24(12-9-19-31)25(21-13-15-23(28)16-14-21)27(22-10-5-3-6-11-22)30(26)29-17-7-4-8-18-29/h3,5-6,9-16,19-20H,4,7-8,17-18H2,1-2H3/b12-9+. The Labute approximate surface area is 183 Å². The van der Waals surface area contributed by atoms with Crippen LogP contribution < -0.4 is 5.01 Å². The molecule has 0 unspecified atom stereocenters. The Morgan fingerprint density at radius 2 is 1.58 bits per heavy atom. The van der Waals surface area contributed by atoms with Crippen molar-refractivity contribution in [3.8, 4) is 22.4 Å². The molecule has 4 rings (SSSR count). The van der Waals surface area contributed by atoms with E-state index in [1.165, 1.54) is 24.2 Å². The first-order chi connectivity index (χ1) is 15.1. The molecule has 1 aromatic heterocycles. The van der Waals surface area contributed by atoms with Crippen molar-refractivity contribution in [2.45, 2.75) is 39.0 Å². The van der Waals surface area contributed by atoms with E-state index in [2.05, 4.69) is 35.7 Å². The Morgan fingerprint density at radius 3 is 2.19 bits per heavy atom. The minimum Gasteiger partial charge on any atom is -0.312 e. The molecule has 0 amide bonds. The zero-order valence-corrected chi connectivity index (χ0v) is 18.2. The lowest BCUT2D eigenvalue weighted by atomic mass is 9.94. The van der Waals surface area contributed by atoms with Gasteiger partial charge >= 0.3 is 0 Å². The molecule has 160 valence electrons. The number of aldehydes is 1. The van der Waals surface area contributed by atoms with E-state index in [-0.39, 0.29) is 11.7 Å². The zero-order chi connectivity index (χ0) is 21.8. The topological polar surface area (TPSA) is 25.2 Å². The number of benzene rings is 2. The Hall–Kier alpha value is -3.14. The summed E-state index contributed by atoms with van der Waals surface area (Å²) in [4.78, 5) is 11.3. The van der Waals surface area contributed by atoms with Crippen molar-refractivity contribution < 1.29 is 9.18 Å². The van der Waals surface area contributed by atoms with Crippen molar-refractivity contribution in [1.29, 1.82) is 0 Å². The van der Waals surface area contributed by atoms with Crippen LogP contribution in [0.2, 0.25) is 0 Å². The summed E-state index contributed by atoms with van der Waals surface area (Å²) < 4.78 is 16.1. The van der Waals surface area contributed by atoms with Gasteiger partial charge in [-0.15, -0.1) is 0 Å². The second-order valence-electron chi connectivity index (χ2n) is 8.37. The number of rotatable bonds is 6. The van der Waals surface area contributed by atoms with Gasteiger partial charge in [-0.05, 0) is 55.0 Å². The summed E-state index contributed by atoms with van der Waals surface area (Å²) in [5, 5.41) is 2.44. The second kappa shape index (κ2) is 9.34. The van der Waals surface area contributed by atoms with Crippen LogP contribution in [0.4, 0.5) is 4.39 Å². The van der Waals surface area contributed by atoms with Gasteiger partial charge in [-0.2, -0.15) is 0 Å². The number of nitrogens with zero attached hydrogens (tertiary/aromatic N) is 2. The summed E-state index contributed by atoms with van der Waals surface area (Å²) in [6.45, 7) is 6.37. The van der Waals surface area contributed by atoms with E-state index in [0.717, 1.165) is 60.2 Å². The lowest BCUT2D eigenvalue weighted by molar-refractivity contribution is -0.104. The molecule has 1 aliphatic heterocycles. The van der Waals surface area contributed by atoms with Gasteiger partial charge in [0.15, 0.2) is 0 Å². The molecule has 0 spiro atoms. The molecular weight excluding hydrogens is 387 g/mol. The van der Waals surface area contributed by atoms with Crippen LogP contribution in [-0.2, 0) is 4.79 Å². The van der Waals surface area contributed by atoms with E-state index >= 15 is 0 Å². The normalized spacial score (nSPS) is 14.5. The quantitative estimate of drug-likeness (QED) is 0.342. The van der Waals surface area contributed by atoms with Crippen molar-refractivity contribution in [1.82, 2.24) is 4.68 Å². The van der Waals surface area contributed by atoms with E-state index < -0.39 is 0 Å². The highest BCUT2D eigenvalue weighted by molar-refractivity contribution is 5.92. The van der Waals surface area contributed by atoms with E-state index in [9.17, 15) is 9.18 Å². The molecular formula is C27H29FN2O. The van der Waals surface area contributed by atoms with Crippen molar-refractivity contribution >= 4 is 12.4 Å². The van der Waals surface area contributed by atoms with E-state index in [4.69, 9.17) is 0 Å². The maximum Gasteiger partial charge on any atom is 0.142 e. The number of hydrogen-bond acceptors (Lipinski definition) is 2. The Kier molecular flexibility index (Phi) is 6.36. The van der Waals surface area contributed by atoms with Crippen LogP contribution in [0.3, 0.4) is 0 Å². The second-order valence-corrected chi connectivity index (χ2v) is 8.37. The highest BCUT2D eigenvalue weighted by Crippen LogP contribution is 2.43. The fourth-order valence-corrected chi connectivity index (χ4v) is 4.60. The maximum absolute atomic E-state index is 13.8. The first kappa shape index (κ1) is 21.1. The predicted octanol–water partition coefficient (Wildman–Crippen LogP) is 6.42. The molecule has 31 heavy (non-hydrogen) atoms. The van der Waals surface area contributed by atoms with Crippen molar-refractivity contribution in [3.05, 3.63) is 77.7 Å². The highest BCUT2D eigenvalue weighted by atomic mass is 19.1. The molecule has 3 nitrogen and oxygen atoms in total. The van der Waals surface area contributed by atoms with Gasteiger partial charge in [0, 0.05) is 29.8 Å². The number of allylic oxidation sites excluding steroid dienone is 1. The largest absolute Gasteiger partial charge is 0.312 e. The molecule has 2 heterocycles. The third-order valence-electron chi connectivity index (χ3n) is 5.91. The molecule has 2 aromatic carbocycles. The van der Waals surface area contributed by atoms with Crippen LogP contribution in [-0.4, -0.2) is 24.1 Å². The Balaban J connectivity index is 2.10. The summed E-state index contributed by atoms with van der Waals surface area (Å²) in [5.41, 5.74) is 6.40. The summed E-state index contributed by atoms with van der Waals surface area (Å²) in [6, 6.07) is 17.0. The number of hydrogen-bond donors (Lipinski definition) is 0. The van der Waals surface area contributed by atoms with Crippen LogP contribution in [0, 0.1) is 5.82 Å². The van der Waals surface area contributed by atoms with Crippen LogP contribution in [0.1, 0.15) is 50.3 Å². The lowest BCUT2D eigenvalue weighted by Crippen LogP contribution is -2.40. The molecule has 3 aromatic rings. The average molecular weight is 417 g/mol. The number of carbonyl (C=O) groups is 1. The fraction of sp³-hybridized carbons (Fsp3) is 0.296. The van der Waals surface area contributed by atoms with Gasteiger partial charge in [-0.3, -0.25) is 9.47 Å². The molecule has 0 saturated carbocycles. The third-order valence-corrected chi connectivity index (χ3v) is 5.91. The van der Waals surface area contributed by atoms with Crippen molar-refractivity contribution in [2.75, 3.05) is 18.1 Å². The molecule has 1 fully saturated rings. The lowest BCUT2D eigenvalue weighted by Gasteiger charge is -2.34. The van der Waals surface area contributed by atoms with Crippen LogP contribution in [0.15, 0.2) is 60.7 Å². The molecule has 0 atom stereocenters. The molecule has 0 N–H and O–H groups in total. The van der Waals surface area contributed by atoms with Gasteiger partial charge in [0.2, 0.25) is 0 Å². The molecule has 0 bridgehead atoms. The van der Waals surface area contributed by atoms with Gasteiger partial charge in [0.05, 0.1) is 11.4 Å². The van der Waals surface area contributed by atoms with Crippen LogP contribution in [0.5, 0.6) is 0 Å². The molecule has 0 radical (unpaired) electrons. The Morgan fingerprint density at radius 1 is 0.903 bits per heavy atom. The number of aromatic nitrogens is 1. The Bertz CT molecular complexity index is 1060. The predicted molar refractivity (Wildman–Crippen MR) is 126 cm³/mol. The minimum absolute atomic E-state index is 0.241. The first-order valence-electron chi connectivity index (χ1n) is 11.1. The van der Waals surface area contributed by atoms with Gasteiger partial charge in [0.1, 0.15) is 12.1 Å². The molecule has 1 aliphatic rings. The fourth-order valence-electron chi connectivity index (χ4n) is 4.60. The third kappa shape index (κ3) is 4.20. The van der Waals surface area contributed by atoms with E-state index in [0.29, 0.717) is 0 Å². The number of piperidine rings is 1. The summed E-state index contributed by atoms with van der Waals surface area (Å²) in [6.07, 6.45) is 7.86. The SMILES string of the molecule is CC(C)c1c(/C=C/C=O)c(-c2ccc(F)cc2)c(-c2ccccc2)n1N1CCCCC1. The van der Waals surface area contributed by atoms with Crippen LogP contribution in [0.25, 0.3) is 28.5 Å². The van der Waals surface area contributed by atoms with Gasteiger partial charge < -0.3 is 5.01 Å².